The van der Waals surface area contributed by atoms with Crippen LogP contribution < -0.4 is 4.74 Å². The molecule has 2 unspecified atom stereocenters. The Hall–Kier alpha value is -1.65. The molecule has 1 N–H and O–H groups in total. The summed E-state index contributed by atoms with van der Waals surface area (Å²) in [4.78, 5) is 10.4. The molecule has 0 fully saturated rings. The molecular weight excluding hydrogens is 218 g/mol. The second kappa shape index (κ2) is 4.92. The summed E-state index contributed by atoms with van der Waals surface area (Å²) in [6.07, 6.45) is -2.05. The van der Waals surface area contributed by atoms with Gasteiger partial charge in [0.25, 0.3) is 0 Å². The number of rotatable bonds is 4. The Bertz CT molecular complexity index is 393. The van der Waals surface area contributed by atoms with Crippen molar-refractivity contribution in [1.82, 2.24) is 0 Å². The minimum Gasteiger partial charge on any atom is -0.494 e. The van der Waals surface area contributed by atoms with Crippen LogP contribution in [0.4, 0.5) is 8.78 Å². The lowest BCUT2D eigenvalue weighted by atomic mass is 9.96. The molecule has 0 radical (unpaired) electrons. The van der Waals surface area contributed by atoms with Crippen LogP contribution in [0, 0.1) is 5.82 Å². The number of ether oxygens (including phenoxy) is 1. The van der Waals surface area contributed by atoms with Gasteiger partial charge in [0.05, 0.1) is 7.11 Å². The molecule has 0 heterocycles. The maximum absolute atomic E-state index is 13.3. The average Bonchev–Trinajstić information content (AvgIpc) is 2.26. The van der Waals surface area contributed by atoms with Crippen molar-refractivity contribution < 1.29 is 23.4 Å². The van der Waals surface area contributed by atoms with Gasteiger partial charge in [0.1, 0.15) is 0 Å². The maximum atomic E-state index is 13.3. The van der Waals surface area contributed by atoms with Crippen molar-refractivity contribution in [2.24, 2.45) is 0 Å². The van der Waals surface area contributed by atoms with Crippen LogP contribution in [0.3, 0.4) is 0 Å². The Morgan fingerprint density at radius 3 is 2.56 bits per heavy atom. The molecule has 0 aliphatic heterocycles. The highest BCUT2D eigenvalue weighted by Gasteiger charge is 2.25. The van der Waals surface area contributed by atoms with E-state index in [1.807, 2.05) is 0 Å². The normalized spacial score (nSPS) is 14.2. The highest BCUT2D eigenvalue weighted by Crippen LogP contribution is 2.26. The summed E-state index contributed by atoms with van der Waals surface area (Å²) >= 11 is 0. The molecule has 1 rings (SSSR count). The third-order valence-corrected chi connectivity index (χ3v) is 2.38. The van der Waals surface area contributed by atoms with Gasteiger partial charge in [0, 0.05) is 5.92 Å². The molecule has 3 nitrogen and oxygen atoms in total. The van der Waals surface area contributed by atoms with Gasteiger partial charge in [-0.2, -0.15) is 0 Å². The fourth-order valence-corrected chi connectivity index (χ4v) is 1.35. The number of carbonyl (C=O) groups is 1. The highest BCUT2D eigenvalue weighted by molar-refractivity contribution is 5.73. The van der Waals surface area contributed by atoms with Gasteiger partial charge in [-0.25, -0.2) is 13.6 Å². The number of hydrogen-bond donors (Lipinski definition) is 1. The smallest absolute Gasteiger partial charge is 0.338 e. The molecular formula is C11H12F2O3. The van der Waals surface area contributed by atoms with E-state index in [4.69, 9.17) is 9.84 Å². The minimum absolute atomic E-state index is 0.0432. The van der Waals surface area contributed by atoms with E-state index in [9.17, 15) is 13.6 Å². The monoisotopic (exact) mass is 230 g/mol. The zero-order chi connectivity index (χ0) is 12.3. The number of benzene rings is 1. The number of aliphatic carboxylic acids is 1. The Kier molecular flexibility index (Phi) is 3.82. The maximum Gasteiger partial charge on any atom is 0.338 e. The molecule has 0 saturated carbocycles. The summed E-state index contributed by atoms with van der Waals surface area (Å²) in [6.45, 7) is 1.39. The number of hydrogen-bond acceptors (Lipinski definition) is 2. The summed E-state index contributed by atoms with van der Waals surface area (Å²) in [7, 11) is 1.32. The van der Waals surface area contributed by atoms with E-state index in [-0.39, 0.29) is 11.3 Å². The summed E-state index contributed by atoms with van der Waals surface area (Å²) < 4.78 is 31.1. The van der Waals surface area contributed by atoms with Gasteiger partial charge >= 0.3 is 5.97 Å². The predicted octanol–water partition coefficient (Wildman–Crippen LogP) is 2.36. The van der Waals surface area contributed by atoms with Crippen molar-refractivity contribution in [3.63, 3.8) is 0 Å². The highest BCUT2D eigenvalue weighted by atomic mass is 19.1. The molecule has 0 aromatic heterocycles. The fraction of sp³-hybridized carbons (Fsp3) is 0.364. The quantitative estimate of drug-likeness (QED) is 0.863. The van der Waals surface area contributed by atoms with E-state index >= 15 is 0 Å². The number of alkyl halides is 1. The Morgan fingerprint density at radius 1 is 1.50 bits per heavy atom. The lowest BCUT2D eigenvalue weighted by Crippen LogP contribution is -2.21. The van der Waals surface area contributed by atoms with Gasteiger partial charge in [0.15, 0.2) is 11.6 Å². The van der Waals surface area contributed by atoms with Crippen LogP contribution in [0.1, 0.15) is 18.4 Å². The lowest BCUT2D eigenvalue weighted by molar-refractivity contribution is -0.143. The third-order valence-electron chi connectivity index (χ3n) is 2.38. The first-order valence-electron chi connectivity index (χ1n) is 4.67. The van der Waals surface area contributed by atoms with Gasteiger partial charge < -0.3 is 9.84 Å². The van der Waals surface area contributed by atoms with E-state index in [0.29, 0.717) is 0 Å². The summed E-state index contributed by atoms with van der Waals surface area (Å²) in [5, 5.41) is 8.49. The molecule has 1 aromatic carbocycles. The molecule has 0 aliphatic rings. The summed E-state index contributed by atoms with van der Waals surface area (Å²) in [6, 6.07) is 3.87. The van der Waals surface area contributed by atoms with Crippen LogP contribution in [0.2, 0.25) is 0 Å². The van der Waals surface area contributed by atoms with Crippen LogP contribution >= 0.6 is 0 Å². The molecule has 88 valence electrons. The molecule has 0 spiro atoms. The average molecular weight is 230 g/mol. The molecule has 2 atom stereocenters. The number of halogens is 2. The molecule has 0 saturated heterocycles. The van der Waals surface area contributed by atoms with Gasteiger partial charge in [-0.3, -0.25) is 0 Å². The second-order valence-corrected chi connectivity index (χ2v) is 3.42. The Morgan fingerprint density at radius 2 is 2.12 bits per heavy atom. The number of carboxylic acid groups (broad SMARTS) is 1. The van der Waals surface area contributed by atoms with Gasteiger partial charge in [-0.15, -0.1) is 0 Å². The van der Waals surface area contributed by atoms with Crippen molar-refractivity contribution in [3.05, 3.63) is 29.6 Å². The number of carboxylic acids is 1. The van der Waals surface area contributed by atoms with Crippen LogP contribution in [0.25, 0.3) is 0 Å². The summed E-state index contributed by atoms with van der Waals surface area (Å²) in [5.74, 6) is -3.05. The Labute approximate surface area is 91.7 Å². The second-order valence-electron chi connectivity index (χ2n) is 3.42. The molecule has 16 heavy (non-hydrogen) atoms. The SMILES string of the molecule is COc1ccc(C(C)C(F)C(=O)O)cc1F. The third kappa shape index (κ3) is 2.48. The zero-order valence-corrected chi connectivity index (χ0v) is 8.91. The van der Waals surface area contributed by atoms with Crippen molar-refractivity contribution >= 4 is 5.97 Å². The first-order chi connectivity index (χ1) is 7.47. The van der Waals surface area contributed by atoms with Crippen LogP contribution in [0.15, 0.2) is 18.2 Å². The first kappa shape index (κ1) is 12.4. The molecule has 0 bridgehead atoms. The minimum atomic E-state index is -2.05. The van der Waals surface area contributed by atoms with Crippen molar-refractivity contribution in [2.45, 2.75) is 19.0 Å². The fourth-order valence-electron chi connectivity index (χ4n) is 1.35. The van der Waals surface area contributed by atoms with Crippen molar-refractivity contribution in [2.75, 3.05) is 7.11 Å². The van der Waals surface area contributed by atoms with E-state index in [1.165, 1.54) is 26.2 Å². The van der Waals surface area contributed by atoms with Gasteiger partial charge in [-0.1, -0.05) is 13.0 Å². The molecule has 5 heteroatoms. The van der Waals surface area contributed by atoms with E-state index < -0.39 is 23.9 Å². The molecule has 1 aromatic rings. The van der Waals surface area contributed by atoms with Gasteiger partial charge in [-0.05, 0) is 17.7 Å². The van der Waals surface area contributed by atoms with Crippen LogP contribution in [-0.4, -0.2) is 24.4 Å². The lowest BCUT2D eigenvalue weighted by Gasteiger charge is -2.14. The van der Waals surface area contributed by atoms with Crippen LogP contribution in [0.5, 0.6) is 5.75 Å². The topological polar surface area (TPSA) is 46.5 Å². The first-order valence-corrected chi connectivity index (χ1v) is 4.67. The predicted molar refractivity (Wildman–Crippen MR) is 53.9 cm³/mol. The largest absolute Gasteiger partial charge is 0.494 e. The van der Waals surface area contributed by atoms with Crippen molar-refractivity contribution in [1.29, 1.82) is 0 Å². The van der Waals surface area contributed by atoms with Gasteiger partial charge in [0.2, 0.25) is 6.17 Å². The van der Waals surface area contributed by atoms with E-state index in [0.717, 1.165) is 6.07 Å². The Balaban J connectivity index is 2.97. The van der Waals surface area contributed by atoms with E-state index in [1.54, 1.807) is 0 Å². The summed E-state index contributed by atoms with van der Waals surface area (Å²) in [5.41, 5.74) is 0.285. The standard InChI is InChI=1S/C11H12F2O3/c1-6(10(13)11(14)15)7-3-4-9(16-2)8(12)5-7/h3-6,10H,1-2H3,(H,14,15). The van der Waals surface area contributed by atoms with Crippen LogP contribution in [-0.2, 0) is 4.79 Å². The van der Waals surface area contributed by atoms with Crippen molar-refractivity contribution in [3.8, 4) is 5.75 Å². The molecule has 0 amide bonds. The van der Waals surface area contributed by atoms with E-state index in [2.05, 4.69) is 0 Å². The zero-order valence-electron chi connectivity index (χ0n) is 8.91. The molecule has 0 aliphatic carbocycles. The number of methoxy groups -OCH3 is 1.